The van der Waals surface area contributed by atoms with Gasteiger partial charge in [-0.25, -0.2) is 0 Å². The first kappa shape index (κ1) is 9.67. The van der Waals surface area contributed by atoms with Crippen molar-refractivity contribution in [1.29, 1.82) is 5.26 Å². The summed E-state index contributed by atoms with van der Waals surface area (Å²) in [7, 11) is 0. The number of hydrogen-bond donors (Lipinski definition) is 0. The van der Waals surface area contributed by atoms with Crippen LogP contribution in [0.2, 0.25) is 0 Å². The van der Waals surface area contributed by atoms with Gasteiger partial charge in [-0.2, -0.15) is 5.26 Å². The highest BCUT2D eigenvalue weighted by molar-refractivity contribution is 5.87. The fourth-order valence-corrected chi connectivity index (χ4v) is 2.07. The summed E-state index contributed by atoms with van der Waals surface area (Å²) in [4.78, 5) is 11.8. The van der Waals surface area contributed by atoms with Crippen molar-refractivity contribution in [3.63, 3.8) is 0 Å². The molecule has 1 heterocycles. The molecule has 1 aliphatic heterocycles. The molecule has 2 rings (SSSR count). The molecule has 3 nitrogen and oxygen atoms in total. The molecule has 0 N–H and O–H groups in total. The van der Waals surface area contributed by atoms with E-state index < -0.39 is 0 Å². The second kappa shape index (κ2) is 4.10. The van der Waals surface area contributed by atoms with Crippen LogP contribution in [0.15, 0.2) is 0 Å². The van der Waals surface area contributed by atoms with Crippen molar-refractivity contribution in [3.05, 3.63) is 0 Å². The molecular formula is C11H15NO2. The van der Waals surface area contributed by atoms with Gasteiger partial charge in [-0.05, 0) is 31.6 Å². The SMILES string of the molecule is N#CC(C(=O)C1CC1)C1CCOCC1. The van der Waals surface area contributed by atoms with Crippen LogP contribution >= 0.6 is 0 Å². The molecule has 3 heteroatoms. The van der Waals surface area contributed by atoms with Crippen molar-refractivity contribution in [2.45, 2.75) is 25.7 Å². The smallest absolute Gasteiger partial charge is 0.153 e. The molecule has 2 fully saturated rings. The van der Waals surface area contributed by atoms with E-state index >= 15 is 0 Å². The first-order valence-corrected chi connectivity index (χ1v) is 5.34. The van der Waals surface area contributed by atoms with Crippen molar-refractivity contribution in [2.24, 2.45) is 17.8 Å². The molecule has 0 aromatic carbocycles. The monoisotopic (exact) mass is 193 g/mol. The molecule has 0 radical (unpaired) electrons. The fourth-order valence-electron chi connectivity index (χ4n) is 2.07. The summed E-state index contributed by atoms with van der Waals surface area (Å²) < 4.78 is 5.23. The standard InChI is InChI=1S/C11H15NO2/c12-7-10(11(13)9-1-2-9)8-3-5-14-6-4-8/h8-10H,1-6H2. The van der Waals surface area contributed by atoms with Crippen LogP contribution in [-0.2, 0) is 9.53 Å². The molecule has 0 bridgehead atoms. The first-order chi connectivity index (χ1) is 6.83. The minimum absolute atomic E-state index is 0.194. The lowest BCUT2D eigenvalue weighted by Gasteiger charge is -2.25. The second-order valence-corrected chi connectivity index (χ2v) is 4.23. The lowest BCUT2D eigenvalue weighted by atomic mass is 9.83. The predicted octanol–water partition coefficient (Wildman–Crippen LogP) is 1.53. The summed E-state index contributed by atoms with van der Waals surface area (Å²) in [5, 5.41) is 9.01. The van der Waals surface area contributed by atoms with Crippen LogP contribution in [0.5, 0.6) is 0 Å². The Labute approximate surface area is 84.0 Å². The summed E-state index contributed by atoms with van der Waals surface area (Å²) in [6.45, 7) is 1.42. The van der Waals surface area contributed by atoms with Gasteiger partial charge in [-0.15, -0.1) is 0 Å². The highest BCUT2D eigenvalue weighted by atomic mass is 16.5. The number of ether oxygens (including phenoxy) is 1. The van der Waals surface area contributed by atoms with Gasteiger partial charge < -0.3 is 4.74 Å². The van der Waals surface area contributed by atoms with E-state index in [4.69, 9.17) is 10.00 Å². The Morgan fingerprint density at radius 1 is 1.29 bits per heavy atom. The van der Waals surface area contributed by atoms with Gasteiger partial charge in [-0.1, -0.05) is 0 Å². The number of nitriles is 1. The maximum absolute atomic E-state index is 11.8. The van der Waals surface area contributed by atoms with E-state index in [1.165, 1.54) is 0 Å². The summed E-state index contributed by atoms with van der Waals surface area (Å²) in [6.07, 6.45) is 3.74. The summed E-state index contributed by atoms with van der Waals surface area (Å²) in [5.41, 5.74) is 0. The van der Waals surface area contributed by atoms with E-state index in [0.29, 0.717) is 13.2 Å². The van der Waals surface area contributed by atoms with Crippen LogP contribution in [0, 0.1) is 29.1 Å². The van der Waals surface area contributed by atoms with Crippen molar-refractivity contribution < 1.29 is 9.53 Å². The number of Topliss-reactive ketones (excluding diaryl/α,β-unsaturated/α-hetero) is 1. The van der Waals surface area contributed by atoms with Crippen LogP contribution in [0.1, 0.15) is 25.7 Å². The molecule has 0 spiro atoms. The topological polar surface area (TPSA) is 50.1 Å². The Morgan fingerprint density at radius 3 is 2.43 bits per heavy atom. The van der Waals surface area contributed by atoms with Gasteiger partial charge in [0.05, 0.1) is 6.07 Å². The van der Waals surface area contributed by atoms with Gasteiger partial charge in [0.15, 0.2) is 5.78 Å². The van der Waals surface area contributed by atoms with Crippen molar-refractivity contribution >= 4 is 5.78 Å². The first-order valence-electron chi connectivity index (χ1n) is 5.34. The lowest BCUT2D eigenvalue weighted by Crippen LogP contribution is -2.29. The van der Waals surface area contributed by atoms with Crippen molar-refractivity contribution in [3.8, 4) is 6.07 Å². The largest absolute Gasteiger partial charge is 0.381 e. The normalized spacial score (nSPS) is 25.4. The zero-order valence-corrected chi connectivity index (χ0v) is 8.24. The van der Waals surface area contributed by atoms with E-state index in [9.17, 15) is 4.79 Å². The zero-order chi connectivity index (χ0) is 9.97. The van der Waals surface area contributed by atoms with Gasteiger partial charge in [0, 0.05) is 19.1 Å². The molecule has 0 aromatic rings. The highest BCUT2D eigenvalue weighted by Gasteiger charge is 2.38. The Kier molecular flexibility index (Phi) is 2.83. The fraction of sp³-hybridized carbons (Fsp3) is 0.818. The van der Waals surface area contributed by atoms with E-state index in [1.54, 1.807) is 0 Å². The molecule has 0 amide bonds. The lowest BCUT2D eigenvalue weighted by molar-refractivity contribution is -0.124. The number of rotatable bonds is 3. The van der Waals surface area contributed by atoms with Gasteiger partial charge in [0.1, 0.15) is 5.92 Å². The molecule has 1 unspecified atom stereocenters. The van der Waals surface area contributed by atoms with E-state index in [2.05, 4.69) is 6.07 Å². The molecule has 1 saturated heterocycles. The van der Waals surface area contributed by atoms with Crippen LogP contribution in [0.3, 0.4) is 0 Å². The number of carbonyl (C=O) groups is 1. The van der Waals surface area contributed by atoms with Crippen LogP contribution in [-0.4, -0.2) is 19.0 Å². The molecule has 1 saturated carbocycles. The van der Waals surface area contributed by atoms with Gasteiger partial charge in [-0.3, -0.25) is 4.79 Å². The molecule has 1 aliphatic carbocycles. The van der Waals surface area contributed by atoms with E-state index in [1.807, 2.05) is 0 Å². The Balaban J connectivity index is 1.97. The number of nitrogens with zero attached hydrogens (tertiary/aromatic N) is 1. The predicted molar refractivity (Wildman–Crippen MR) is 50.4 cm³/mol. The van der Waals surface area contributed by atoms with Crippen LogP contribution < -0.4 is 0 Å². The molecule has 2 aliphatic rings. The quantitative estimate of drug-likeness (QED) is 0.683. The highest BCUT2D eigenvalue weighted by Crippen LogP contribution is 2.36. The van der Waals surface area contributed by atoms with Crippen molar-refractivity contribution in [1.82, 2.24) is 0 Å². The van der Waals surface area contributed by atoms with Crippen LogP contribution in [0.25, 0.3) is 0 Å². The maximum Gasteiger partial charge on any atom is 0.153 e. The van der Waals surface area contributed by atoms with Gasteiger partial charge in [0.2, 0.25) is 0 Å². The number of hydrogen-bond acceptors (Lipinski definition) is 3. The average Bonchev–Trinajstić information content (AvgIpc) is 3.03. The van der Waals surface area contributed by atoms with Gasteiger partial charge >= 0.3 is 0 Å². The third-order valence-corrected chi connectivity index (χ3v) is 3.16. The number of ketones is 1. The minimum Gasteiger partial charge on any atom is -0.381 e. The summed E-state index contributed by atoms with van der Waals surface area (Å²) >= 11 is 0. The van der Waals surface area contributed by atoms with Gasteiger partial charge in [0.25, 0.3) is 0 Å². The average molecular weight is 193 g/mol. The Bertz CT molecular complexity index is 259. The Morgan fingerprint density at radius 2 is 1.93 bits per heavy atom. The third-order valence-electron chi connectivity index (χ3n) is 3.16. The second-order valence-electron chi connectivity index (χ2n) is 4.23. The molecular weight excluding hydrogens is 178 g/mol. The molecule has 76 valence electrons. The number of carbonyl (C=O) groups excluding carboxylic acids is 1. The summed E-state index contributed by atoms with van der Waals surface area (Å²) in [6, 6.07) is 2.19. The van der Waals surface area contributed by atoms with Crippen LogP contribution in [0.4, 0.5) is 0 Å². The third kappa shape index (κ3) is 1.96. The molecule has 1 atom stereocenters. The minimum atomic E-state index is -0.355. The molecule has 0 aromatic heterocycles. The van der Waals surface area contributed by atoms with E-state index in [0.717, 1.165) is 25.7 Å². The summed E-state index contributed by atoms with van der Waals surface area (Å²) in [5.74, 6) is 0.301. The maximum atomic E-state index is 11.8. The Hall–Kier alpha value is -0.880. The van der Waals surface area contributed by atoms with E-state index in [-0.39, 0.29) is 23.5 Å². The van der Waals surface area contributed by atoms with Crippen molar-refractivity contribution in [2.75, 3.05) is 13.2 Å². The molecule has 14 heavy (non-hydrogen) atoms. The zero-order valence-electron chi connectivity index (χ0n) is 8.24.